The Morgan fingerprint density at radius 1 is 1.24 bits per heavy atom. The number of halogens is 1. The van der Waals surface area contributed by atoms with Gasteiger partial charge in [0.2, 0.25) is 11.0 Å². The summed E-state index contributed by atoms with van der Waals surface area (Å²) in [6.07, 6.45) is 5.85. The van der Waals surface area contributed by atoms with E-state index in [1.165, 1.54) is 42.7 Å². The molecule has 1 aliphatic carbocycles. The number of ether oxygens (including phenoxy) is 1. The van der Waals surface area contributed by atoms with Gasteiger partial charge in [0, 0.05) is 11.5 Å². The molecule has 1 heterocycles. The second kappa shape index (κ2) is 7.95. The van der Waals surface area contributed by atoms with E-state index in [4.69, 9.17) is 4.74 Å². The highest BCUT2D eigenvalue weighted by molar-refractivity contribution is 7.18. The topological polar surface area (TPSA) is 51.2 Å². The summed E-state index contributed by atoms with van der Waals surface area (Å²) in [7, 11) is 0. The van der Waals surface area contributed by atoms with Crippen LogP contribution in [0.4, 0.5) is 9.52 Å². The smallest absolute Gasteiger partial charge is 0.228 e. The molecule has 1 aromatic carbocycles. The van der Waals surface area contributed by atoms with Crippen LogP contribution in [0.15, 0.2) is 24.3 Å². The van der Waals surface area contributed by atoms with E-state index in [0.29, 0.717) is 15.9 Å². The Labute approximate surface area is 151 Å². The number of benzene rings is 1. The minimum atomic E-state index is -0.290. The number of carbonyl (C=O) groups excluding carboxylic acids is 1. The molecule has 1 N–H and O–H groups in total. The standard InChI is InChI=1S/C19H23FN2O2S/c1-12(2)17(23)22-19-21-16(13-8-10-14(20)11-9-13)18(25-19)24-15-6-4-3-5-7-15/h8-12,15H,3-7H2,1-2H3,(H,21,22,23). The molecule has 4 nitrogen and oxygen atoms in total. The zero-order chi connectivity index (χ0) is 17.8. The molecule has 3 rings (SSSR count). The van der Waals surface area contributed by atoms with Gasteiger partial charge in [-0.3, -0.25) is 4.79 Å². The molecule has 0 atom stereocenters. The van der Waals surface area contributed by atoms with Gasteiger partial charge in [0.1, 0.15) is 11.5 Å². The summed E-state index contributed by atoms with van der Waals surface area (Å²) in [5.74, 6) is -0.494. The van der Waals surface area contributed by atoms with Crippen LogP contribution >= 0.6 is 11.3 Å². The minimum Gasteiger partial charge on any atom is -0.479 e. The fourth-order valence-electron chi connectivity index (χ4n) is 2.81. The Hall–Kier alpha value is -1.95. The SMILES string of the molecule is CC(C)C(=O)Nc1nc(-c2ccc(F)cc2)c(OC2CCCCC2)s1. The molecule has 1 amide bonds. The zero-order valence-corrected chi connectivity index (χ0v) is 15.4. The highest BCUT2D eigenvalue weighted by Crippen LogP contribution is 2.40. The van der Waals surface area contributed by atoms with Crippen LogP contribution in [0, 0.1) is 11.7 Å². The molecule has 0 saturated heterocycles. The third-order valence-corrected chi connectivity index (χ3v) is 5.16. The number of anilines is 1. The second-order valence-corrected chi connectivity index (χ2v) is 7.65. The highest BCUT2D eigenvalue weighted by atomic mass is 32.1. The molecule has 0 aliphatic heterocycles. The molecular weight excluding hydrogens is 339 g/mol. The predicted octanol–water partition coefficient (Wildman–Crippen LogP) is 5.26. The van der Waals surface area contributed by atoms with Crippen molar-refractivity contribution in [2.45, 2.75) is 52.1 Å². The van der Waals surface area contributed by atoms with Gasteiger partial charge in [-0.25, -0.2) is 9.37 Å². The molecular formula is C19H23FN2O2S. The van der Waals surface area contributed by atoms with E-state index in [1.807, 2.05) is 13.8 Å². The molecule has 1 aromatic heterocycles. The largest absolute Gasteiger partial charge is 0.479 e. The van der Waals surface area contributed by atoms with Gasteiger partial charge in [0.05, 0.1) is 6.10 Å². The number of hydrogen-bond acceptors (Lipinski definition) is 4. The van der Waals surface area contributed by atoms with Crippen LogP contribution in [0.3, 0.4) is 0 Å². The molecule has 1 fully saturated rings. The van der Waals surface area contributed by atoms with Crippen molar-refractivity contribution in [3.63, 3.8) is 0 Å². The molecule has 1 saturated carbocycles. The van der Waals surface area contributed by atoms with Crippen LogP contribution in [0.1, 0.15) is 46.0 Å². The fraction of sp³-hybridized carbons (Fsp3) is 0.474. The number of nitrogens with zero attached hydrogens (tertiary/aromatic N) is 1. The average Bonchev–Trinajstić information content (AvgIpc) is 2.98. The van der Waals surface area contributed by atoms with Crippen molar-refractivity contribution in [3.8, 4) is 16.3 Å². The number of aromatic nitrogens is 1. The molecule has 0 spiro atoms. The van der Waals surface area contributed by atoms with Gasteiger partial charge in [0.25, 0.3) is 0 Å². The maximum Gasteiger partial charge on any atom is 0.228 e. The lowest BCUT2D eigenvalue weighted by atomic mass is 9.98. The summed E-state index contributed by atoms with van der Waals surface area (Å²) in [6.45, 7) is 3.67. The Kier molecular flexibility index (Phi) is 5.68. The van der Waals surface area contributed by atoms with Crippen molar-refractivity contribution < 1.29 is 13.9 Å². The van der Waals surface area contributed by atoms with Crippen molar-refractivity contribution in [2.24, 2.45) is 5.92 Å². The maximum absolute atomic E-state index is 13.2. The summed E-state index contributed by atoms with van der Waals surface area (Å²) in [5, 5.41) is 4.04. The van der Waals surface area contributed by atoms with E-state index in [9.17, 15) is 9.18 Å². The Morgan fingerprint density at radius 2 is 1.92 bits per heavy atom. The monoisotopic (exact) mass is 362 g/mol. The fourth-order valence-corrected chi connectivity index (χ4v) is 3.72. The van der Waals surface area contributed by atoms with Crippen LogP contribution in [-0.2, 0) is 4.79 Å². The predicted molar refractivity (Wildman–Crippen MR) is 98.5 cm³/mol. The van der Waals surface area contributed by atoms with E-state index in [-0.39, 0.29) is 23.7 Å². The molecule has 25 heavy (non-hydrogen) atoms. The van der Waals surface area contributed by atoms with E-state index in [0.717, 1.165) is 18.4 Å². The van der Waals surface area contributed by atoms with Gasteiger partial charge in [-0.2, -0.15) is 0 Å². The normalized spacial score (nSPS) is 15.4. The van der Waals surface area contributed by atoms with E-state index < -0.39 is 0 Å². The number of nitrogens with one attached hydrogen (secondary N) is 1. The maximum atomic E-state index is 13.2. The Bertz CT molecular complexity index is 722. The molecule has 6 heteroatoms. The number of hydrogen-bond donors (Lipinski definition) is 1. The van der Waals surface area contributed by atoms with Crippen LogP contribution in [0.2, 0.25) is 0 Å². The summed E-state index contributed by atoms with van der Waals surface area (Å²) in [6, 6.07) is 6.19. The molecule has 0 radical (unpaired) electrons. The van der Waals surface area contributed by atoms with Crippen molar-refractivity contribution in [2.75, 3.05) is 5.32 Å². The number of carbonyl (C=O) groups is 1. The summed E-state index contributed by atoms with van der Waals surface area (Å²) < 4.78 is 19.4. The van der Waals surface area contributed by atoms with Crippen LogP contribution < -0.4 is 10.1 Å². The molecule has 1 aliphatic rings. The van der Waals surface area contributed by atoms with Gasteiger partial charge in [-0.15, -0.1) is 0 Å². The lowest BCUT2D eigenvalue weighted by Gasteiger charge is -2.22. The van der Waals surface area contributed by atoms with Gasteiger partial charge in [-0.05, 0) is 49.9 Å². The van der Waals surface area contributed by atoms with Crippen molar-refractivity contribution in [1.29, 1.82) is 0 Å². The summed E-state index contributed by atoms with van der Waals surface area (Å²) in [5.41, 5.74) is 1.45. The minimum absolute atomic E-state index is 0.0800. The first kappa shape index (κ1) is 17.9. The summed E-state index contributed by atoms with van der Waals surface area (Å²) >= 11 is 1.34. The van der Waals surface area contributed by atoms with Gasteiger partial charge in [-0.1, -0.05) is 31.6 Å². The molecule has 134 valence electrons. The number of thiazole rings is 1. The molecule has 0 bridgehead atoms. The third kappa shape index (κ3) is 4.57. The lowest BCUT2D eigenvalue weighted by Crippen LogP contribution is -2.19. The van der Waals surface area contributed by atoms with Crippen LogP contribution in [0.25, 0.3) is 11.3 Å². The second-order valence-electron chi connectivity index (χ2n) is 6.68. The van der Waals surface area contributed by atoms with Gasteiger partial charge >= 0.3 is 0 Å². The zero-order valence-electron chi connectivity index (χ0n) is 14.5. The third-order valence-electron chi connectivity index (χ3n) is 4.29. The van der Waals surface area contributed by atoms with E-state index in [1.54, 1.807) is 12.1 Å². The Morgan fingerprint density at radius 3 is 2.56 bits per heavy atom. The highest BCUT2D eigenvalue weighted by Gasteiger charge is 2.22. The van der Waals surface area contributed by atoms with Gasteiger partial charge in [0.15, 0.2) is 5.13 Å². The first-order valence-corrected chi connectivity index (χ1v) is 9.59. The van der Waals surface area contributed by atoms with Crippen LogP contribution in [-0.4, -0.2) is 17.0 Å². The van der Waals surface area contributed by atoms with E-state index >= 15 is 0 Å². The average molecular weight is 362 g/mol. The first-order valence-electron chi connectivity index (χ1n) is 8.77. The Balaban J connectivity index is 1.88. The van der Waals surface area contributed by atoms with Crippen molar-refractivity contribution >= 4 is 22.4 Å². The summed E-state index contributed by atoms with van der Waals surface area (Å²) in [4.78, 5) is 16.5. The molecule has 2 aromatic rings. The van der Waals surface area contributed by atoms with Crippen molar-refractivity contribution in [1.82, 2.24) is 4.98 Å². The van der Waals surface area contributed by atoms with Crippen LogP contribution in [0.5, 0.6) is 5.06 Å². The quantitative estimate of drug-likeness (QED) is 0.790. The number of amides is 1. The van der Waals surface area contributed by atoms with Gasteiger partial charge < -0.3 is 10.1 Å². The first-order chi connectivity index (χ1) is 12.0. The van der Waals surface area contributed by atoms with Crippen molar-refractivity contribution in [3.05, 3.63) is 30.1 Å². The molecule has 0 unspecified atom stereocenters. The number of rotatable bonds is 5. The lowest BCUT2D eigenvalue weighted by molar-refractivity contribution is -0.118. The van der Waals surface area contributed by atoms with E-state index in [2.05, 4.69) is 10.3 Å².